The third-order valence-corrected chi connectivity index (χ3v) is 3.89. The van der Waals surface area contributed by atoms with Crippen LogP contribution in [-0.4, -0.2) is 19.0 Å². The highest BCUT2D eigenvalue weighted by atomic mass is 16.2. The third kappa shape index (κ3) is 2.95. The minimum absolute atomic E-state index is 0.0885. The first-order valence-electron chi connectivity index (χ1n) is 7.24. The molecule has 0 bridgehead atoms. The van der Waals surface area contributed by atoms with Crippen molar-refractivity contribution in [3.05, 3.63) is 65.0 Å². The molecule has 0 aliphatic carbocycles. The Labute approximate surface area is 128 Å². The van der Waals surface area contributed by atoms with E-state index in [0.717, 1.165) is 16.8 Å². The second-order valence-electron chi connectivity index (χ2n) is 5.40. The van der Waals surface area contributed by atoms with Crippen LogP contribution in [0.2, 0.25) is 0 Å². The number of anilines is 1. The summed E-state index contributed by atoms with van der Waals surface area (Å²) < 4.78 is 0. The normalized spacial score (nSPS) is 17.4. The molecule has 0 radical (unpaired) electrons. The van der Waals surface area contributed by atoms with Gasteiger partial charge in [-0.1, -0.05) is 47.6 Å². The summed E-state index contributed by atoms with van der Waals surface area (Å²) in [5.41, 5.74) is 11.6. The van der Waals surface area contributed by atoms with Gasteiger partial charge in [-0.15, -0.1) is 0 Å². The van der Waals surface area contributed by atoms with Crippen LogP contribution in [0.15, 0.2) is 59.7 Å². The van der Waals surface area contributed by atoms with Gasteiger partial charge in [0.05, 0.1) is 0 Å². The maximum atomic E-state index is 12.1. The van der Waals surface area contributed by atoms with E-state index in [2.05, 4.69) is 22.2 Å². The van der Waals surface area contributed by atoms with E-state index in [1.54, 1.807) is 4.90 Å². The minimum Gasteiger partial charge on any atom is -0.312 e. The number of hydrogen-bond donors (Lipinski definition) is 0. The summed E-state index contributed by atoms with van der Waals surface area (Å²) in [7, 11) is 0. The molecule has 0 aromatic heterocycles. The molecule has 1 unspecified atom stereocenters. The van der Waals surface area contributed by atoms with Gasteiger partial charge >= 0.3 is 0 Å². The van der Waals surface area contributed by atoms with Crippen molar-refractivity contribution < 1.29 is 4.79 Å². The Balaban J connectivity index is 1.76. The van der Waals surface area contributed by atoms with Crippen LogP contribution in [0, 0.1) is 5.92 Å². The molecule has 1 amide bonds. The van der Waals surface area contributed by atoms with E-state index in [1.165, 1.54) is 0 Å². The van der Waals surface area contributed by atoms with Crippen LogP contribution in [0.3, 0.4) is 0 Å². The van der Waals surface area contributed by atoms with Gasteiger partial charge in [0, 0.05) is 30.1 Å². The highest BCUT2D eigenvalue weighted by Gasteiger charge is 2.29. The van der Waals surface area contributed by atoms with Crippen LogP contribution < -0.4 is 4.90 Å². The number of nitrogens with zero attached hydrogens (tertiary/aromatic N) is 4. The number of carbonyl (C=O) groups is 1. The molecule has 5 heteroatoms. The van der Waals surface area contributed by atoms with Crippen LogP contribution in [0.5, 0.6) is 0 Å². The Hall–Kier alpha value is -2.78. The quantitative estimate of drug-likeness (QED) is 0.476. The van der Waals surface area contributed by atoms with Crippen LogP contribution in [0.25, 0.3) is 21.6 Å². The standard InChI is InChI=1S/C17H16N4O/c18-20-19-11-13-10-17(22)21(12-13)16-8-6-15(7-9-16)14-4-2-1-3-5-14/h1-9,13H,10-12H2. The van der Waals surface area contributed by atoms with Gasteiger partial charge < -0.3 is 4.90 Å². The van der Waals surface area contributed by atoms with E-state index >= 15 is 0 Å². The van der Waals surface area contributed by atoms with Crippen LogP contribution in [0.4, 0.5) is 5.69 Å². The van der Waals surface area contributed by atoms with Crippen molar-refractivity contribution in [1.29, 1.82) is 0 Å². The van der Waals surface area contributed by atoms with E-state index in [4.69, 9.17) is 5.53 Å². The third-order valence-electron chi connectivity index (χ3n) is 3.89. The minimum atomic E-state index is 0.0885. The second-order valence-corrected chi connectivity index (χ2v) is 5.40. The smallest absolute Gasteiger partial charge is 0.227 e. The molecule has 0 spiro atoms. The van der Waals surface area contributed by atoms with Gasteiger partial charge in [-0.3, -0.25) is 4.79 Å². The van der Waals surface area contributed by atoms with E-state index < -0.39 is 0 Å². The predicted octanol–water partition coefficient (Wildman–Crippen LogP) is 4.02. The van der Waals surface area contributed by atoms with Gasteiger partial charge in [0.15, 0.2) is 0 Å². The highest BCUT2D eigenvalue weighted by molar-refractivity contribution is 5.96. The molecule has 3 rings (SSSR count). The summed E-state index contributed by atoms with van der Waals surface area (Å²) in [5, 5.41) is 3.57. The van der Waals surface area contributed by atoms with E-state index in [0.29, 0.717) is 19.5 Å². The predicted molar refractivity (Wildman–Crippen MR) is 86.4 cm³/mol. The zero-order chi connectivity index (χ0) is 15.4. The number of benzene rings is 2. The lowest BCUT2D eigenvalue weighted by molar-refractivity contribution is -0.117. The summed E-state index contributed by atoms with van der Waals surface area (Å²) in [4.78, 5) is 16.6. The molecular weight excluding hydrogens is 276 g/mol. The Morgan fingerprint density at radius 1 is 1.09 bits per heavy atom. The van der Waals surface area contributed by atoms with Gasteiger partial charge in [-0.05, 0) is 34.7 Å². The maximum absolute atomic E-state index is 12.1. The molecule has 1 heterocycles. The van der Waals surface area contributed by atoms with Gasteiger partial charge in [0.25, 0.3) is 0 Å². The Bertz CT molecular complexity index is 705. The zero-order valence-electron chi connectivity index (χ0n) is 12.1. The Morgan fingerprint density at radius 2 is 1.77 bits per heavy atom. The molecule has 1 saturated heterocycles. The number of carbonyl (C=O) groups excluding carboxylic acids is 1. The summed E-state index contributed by atoms with van der Waals surface area (Å²) in [6.07, 6.45) is 0.444. The fraction of sp³-hybridized carbons (Fsp3) is 0.235. The molecule has 1 aliphatic rings. The van der Waals surface area contributed by atoms with Crippen molar-refractivity contribution >= 4 is 11.6 Å². The molecule has 2 aromatic rings. The zero-order valence-corrected chi connectivity index (χ0v) is 12.1. The Morgan fingerprint density at radius 3 is 2.45 bits per heavy atom. The fourth-order valence-electron chi connectivity index (χ4n) is 2.77. The average Bonchev–Trinajstić information content (AvgIpc) is 2.95. The first kappa shape index (κ1) is 14.2. The highest BCUT2D eigenvalue weighted by Crippen LogP contribution is 2.28. The summed E-state index contributed by atoms with van der Waals surface area (Å²) in [5.74, 6) is 0.197. The Kier molecular flexibility index (Phi) is 4.08. The number of amides is 1. The van der Waals surface area contributed by atoms with E-state index in [-0.39, 0.29) is 11.8 Å². The summed E-state index contributed by atoms with van der Waals surface area (Å²) in [6, 6.07) is 18.1. The van der Waals surface area contributed by atoms with Gasteiger partial charge in [-0.2, -0.15) is 0 Å². The van der Waals surface area contributed by atoms with Gasteiger partial charge in [0.1, 0.15) is 0 Å². The lowest BCUT2D eigenvalue weighted by atomic mass is 10.1. The van der Waals surface area contributed by atoms with Crippen LogP contribution in [-0.2, 0) is 4.79 Å². The summed E-state index contributed by atoms with van der Waals surface area (Å²) in [6.45, 7) is 0.989. The molecule has 22 heavy (non-hydrogen) atoms. The lowest BCUT2D eigenvalue weighted by Crippen LogP contribution is -2.24. The molecule has 1 atom stereocenters. The molecule has 2 aromatic carbocycles. The van der Waals surface area contributed by atoms with Crippen LogP contribution >= 0.6 is 0 Å². The molecular formula is C17H16N4O. The van der Waals surface area contributed by atoms with Crippen molar-refractivity contribution in [3.8, 4) is 11.1 Å². The molecule has 1 fully saturated rings. The first-order chi connectivity index (χ1) is 10.8. The fourth-order valence-corrected chi connectivity index (χ4v) is 2.77. The van der Waals surface area contributed by atoms with Gasteiger partial charge in [0.2, 0.25) is 5.91 Å². The van der Waals surface area contributed by atoms with Crippen molar-refractivity contribution in [3.63, 3.8) is 0 Å². The van der Waals surface area contributed by atoms with Crippen LogP contribution in [0.1, 0.15) is 6.42 Å². The molecule has 110 valence electrons. The average molecular weight is 292 g/mol. The van der Waals surface area contributed by atoms with Crippen molar-refractivity contribution in [1.82, 2.24) is 0 Å². The van der Waals surface area contributed by atoms with E-state index in [9.17, 15) is 4.79 Å². The SMILES string of the molecule is [N-]=[N+]=NCC1CC(=O)N(c2ccc(-c3ccccc3)cc2)C1. The topological polar surface area (TPSA) is 69.1 Å². The molecule has 0 saturated carbocycles. The molecule has 5 nitrogen and oxygen atoms in total. The molecule has 0 N–H and O–H groups in total. The number of hydrogen-bond acceptors (Lipinski definition) is 2. The maximum Gasteiger partial charge on any atom is 0.227 e. The lowest BCUT2D eigenvalue weighted by Gasteiger charge is -2.17. The first-order valence-corrected chi connectivity index (χ1v) is 7.24. The largest absolute Gasteiger partial charge is 0.312 e. The number of rotatable bonds is 4. The second kappa shape index (κ2) is 6.33. The van der Waals surface area contributed by atoms with Gasteiger partial charge in [-0.25, -0.2) is 0 Å². The molecule has 1 aliphatic heterocycles. The number of azide groups is 1. The van der Waals surface area contributed by atoms with Crippen molar-refractivity contribution in [2.75, 3.05) is 18.0 Å². The van der Waals surface area contributed by atoms with Crippen molar-refractivity contribution in [2.24, 2.45) is 11.0 Å². The monoisotopic (exact) mass is 292 g/mol. The van der Waals surface area contributed by atoms with E-state index in [1.807, 2.05) is 42.5 Å². The summed E-state index contributed by atoms with van der Waals surface area (Å²) >= 11 is 0. The van der Waals surface area contributed by atoms with Crippen molar-refractivity contribution in [2.45, 2.75) is 6.42 Å².